The van der Waals surface area contributed by atoms with Crippen molar-refractivity contribution in [1.82, 2.24) is 9.78 Å². The van der Waals surface area contributed by atoms with Gasteiger partial charge in [-0.2, -0.15) is 5.10 Å². The summed E-state index contributed by atoms with van der Waals surface area (Å²) in [6.07, 6.45) is 1.10. The summed E-state index contributed by atoms with van der Waals surface area (Å²) >= 11 is 5.68. The fourth-order valence-electron chi connectivity index (χ4n) is 1.12. The van der Waals surface area contributed by atoms with E-state index in [1.807, 2.05) is 0 Å². The molecule has 0 saturated heterocycles. The molecule has 1 aromatic rings. The van der Waals surface area contributed by atoms with Gasteiger partial charge in [-0.05, 0) is 0 Å². The molecule has 9 heteroatoms. The van der Waals surface area contributed by atoms with Gasteiger partial charge in [0.15, 0.2) is 0 Å². The van der Waals surface area contributed by atoms with Crippen molar-refractivity contribution in [3.63, 3.8) is 0 Å². The van der Waals surface area contributed by atoms with Crippen molar-refractivity contribution >= 4 is 17.3 Å². The lowest BCUT2D eigenvalue weighted by Crippen LogP contribution is -2.32. The van der Waals surface area contributed by atoms with E-state index in [1.165, 1.54) is 0 Å². The number of nitrogens with zero attached hydrogens (tertiary/aromatic N) is 2. The second-order valence-electron chi connectivity index (χ2n) is 3.49. The lowest BCUT2D eigenvalue weighted by atomic mass is 10.3. The quantitative estimate of drug-likeness (QED) is 0.680. The molecule has 102 valence electrons. The van der Waals surface area contributed by atoms with Gasteiger partial charge >= 0.3 is 0 Å². The summed E-state index contributed by atoms with van der Waals surface area (Å²) in [5, 5.41) is 22.6. The van der Waals surface area contributed by atoms with Crippen molar-refractivity contribution in [2.45, 2.75) is 12.5 Å². The number of nitrogens with one attached hydrogen (secondary N) is 1. The van der Waals surface area contributed by atoms with Crippen LogP contribution in [0.4, 0.5) is 14.5 Å². The highest BCUT2D eigenvalue weighted by molar-refractivity contribution is 6.32. The van der Waals surface area contributed by atoms with Crippen molar-refractivity contribution in [2.24, 2.45) is 0 Å². The number of halogens is 3. The van der Waals surface area contributed by atoms with Crippen molar-refractivity contribution < 1.29 is 19.0 Å². The SMILES string of the molecule is O=c1c(Cl)c(NCC(F)(F)CO)cnn1CCO. The van der Waals surface area contributed by atoms with Gasteiger partial charge in [-0.1, -0.05) is 11.6 Å². The maximum Gasteiger partial charge on any atom is 0.287 e. The molecule has 0 amide bonds. The molecule has 1 heterocycles. The normalized spacial score (nSPS) is 11.6. The Labute approximate surface area is 106 Å². The molecule has 0 saturated carbocycles. The van der Waals surface area contributed by atoms with Crippen LogP contribution < -0.4 is 10.9 Å². The van der Waals surface area contributed by atoms with Gasteiger partial charge < -0.3 is 15.5 Å². The first-order chi connectivity index (χ1) is 8.41. The molecule has 0 radical (unpaired) electrons. The monoisotopic (exact) mass is 283 g/mol. The van der Waals surface area contributed by atoms with Crippen LogP contribution in [0.2, 0.25) is 5.02 Å². The molecule has 0 aliphatic carbocycles. The first-order valence-electron chi connectivity index (χ1n) is 5.00. The van der Waals surface area contributed by atoms with Gasteiger partial charge in [0.2, 0.25) is 0 Å². The molecular formula is C9H12ClF2N3O3. The minimum Gasteiger partial charge on any atom is -0.394 e. The topological polar surface area (TPSA) is 87.4 Å². The predicted molar refractivity (Wildman–Crippen MR) is 61.1 cm³/mol. The number of hydrogen-bond acceptors (Lipinski definition) is 5. The van der Waals surface area contributed by atoms with E-state index in [2.05, 4.69) is 10.4 Å². The molecule has 1 rings (SSSR count). The molecule has 0 aliphatic rings. The van der Waals surface area contributed by atoms with E-state index in [1.54, 1.807) is 0 Å². The van der Waals surface area contributed by atoms with E-state index in [0.717, 1.165) is 10.9 Å². The average molecular weight is 284 g/mol. The van der Waals surface area contributed by atoms with Crippen molar-refractivity contribution in [1.29, 1.82) is 0 Å². The third kappa shape index (κ3) is 3.62. The Kier molecular flexibility index (Phi) is 5.00. The molecule has 0 aromatic carbocycles. The number of aromatic nitrogens is 2. The Morgan fingerprint density at radius 2 is 2.17 bits per heavy atom. The van der Waals surface area contributed by atoms with Gasteiger partial charge in [0.05, 0.1) is 31.6 Å². The lowest BCUT2D eigenvalue weighted by molar-refractivity contribution is -0.0372. The zero-order valence-electron chi connectivity index (χ0n) is 9.24. The molecule has 1 aromatic heterocycles. The molecule has 0 spiro atoms. The Hall–Kier alpha value is -1.25. The maximum atomic E-state index is 12.8. The van der Waals surface area contributed by atoms with Gasteiger partial charge in [0, 0.05) is 0 Å². The van der Waals surface area contributed by atoms with Crippen molar-refractivity contribution in [3.05, 3.63) is 21.6 Å². The zero-order valence-corrected chi connectivity index (χ0v) is 9.99. The molecule has 3 N–H and O–H groups in total. The Morgan fingerprint density at radius 1 is 1.50 bits per heavy atom. The van der Waals surface area contributed by atoms with Gasteiger partial charge in [-0.15, -0.1) is 0 Å². The van der Waals surface area contributed by atoms with Crippen LogP contribution in [-0.2, 0) is 6.54 Å². The van der Waals surface area contributed by atoms with Gasteiger partial charge in [-0.3, -0.25) is 4.79 Å². The van der Waals surface area contributed by atoms with Gasteiger partial charge in [-0.25, -0.2) is 13.5 Å². The van der Waals surface area contributed by atoms with Crippen LogP contribution in [0.25, 0.3) is 0 Å². The smallest absolute Gasteiger partial charge is 0.287 e. The number of alkyl halides is 2. The molecule has 0 fully saturated rings. The van der Waals surface area contributed by atoms with E-state index in [0.29, 0.717) is 0 Å². The highest BCUT2D eigenvalue weighted by Gasteiger charge is 2.27. The van der Waals surface area contributed by atoms with Crippen LogP contribution in [0, 0.1) is 0 Å². The Morgan fingerprint density at radius 3 is 2.72 bits per heavy atom. The van der Waals surface area contributed by atoms with E-state index < -0.39 is 24.6 Å². The Bertz CT molecular complexity index is 467. The third-order valence-electron chi connectivity index (χ3n) is 2.07. The van der Waals surface area contributed by atoms with Crippen LogP contribution in [0.1, 0.15) is 0 Å². The minimum absolute atomic E-state index is 0.0361. The largest absolute Gasteiger partial charge is 0.394 e. The summed E-state index contributed by atoms with van der Waals surface area (Å²) in [5.41, 5.74) is -0.744. The number of anilines is 1. The van der Waals surface area contributed by atoms with Crippen LogP contribution in [-0.4, -0.2) is 45.7 Å². The second-order valence-corrected chi connectivity index (χ2v) is 3.87. The average Bonchev–Trinajstić information content (AvgIpc) is 2.34. The van der Waals surface area contributed by atoms with Crippen LogP contribution in [0.3, 0.4) is 0 Å². The number of aliphatic hydroxyl groups is 2. The number of rotatable bonds is 6. The van der Waals surface area contributed by atoms with Gasteiger partial charge in [0.25, 0.3) is 11.5 Å². The number of hydrogen-bond donors (Lipinski definition) is 3. The van der Waals surface area contributed by atoms with Crippen molar-refractivity contribution in [3.8, 4) is 0 Å². The number of aliphatic hydroxyl groups excluding tert-OH is 2. The first-order valence-corrected chi connectivity index (χ1v) is 5.38. The molecule has 0 bridgehead atoms. The van der Waals surface area contributed by atoms with E-state index in [-0.39, 0.29) is 23.9 Å². The summed E-state index contributed by atoms with van der Waals surface area (Å²) in [7, 11) is 0. The molecular weight excluding hydrogens is 272 g/mol. The summed E-state index contributed by atoms with van der Waals surface area (Å²) in [4.78, 5) is 11.6. The van der Waals surface area contributed by atoms with Crippen LogP contribution in [0.15, 0.2) is 11.0 Å². The molecule has 0 atom stereocenters. The zero-order chi connectivity index (χ0) is 13.8. The summed E-state index contributed by atoms with van der Waals surface area (Å²) in [6, 6.07) is 0. The second kappa shape index (κ2) is 6.07. The van der Waals surface area contributed by atoms with Gasteiger partial charge in [0.1, 0.15) is 11.6 Å². The van der Waals surface area contributed by atoms with Crippen LogP contribution in [0.5, 0.6) is 0 Å². The predicted octanol–water partition coefficient (Wildman–Crippen LogP) is -0.0715. The lowest BCUT2D eigenvalue weighted by Gasteiger charge is -2.15. The fraction of sp³-hybridized carbons (Fsp3) is 0.556. The standard InChI is InChI=1S/C9H12ClF2N3O3/c10-7-6(13-4-9(11,12)5-17)3-14-15(1-2-16)8(7)18/h3,13,16-17H,1-2,4-5H2. The highest BCUT2D eigenvalue weighted by atomic mass is 35.5. The fourth-order valence-corrected chi connectivity index (χ4v) is 1.34. The summed E-state index contributed by atoms with van der Waals surface area (Å²) in [6.45, 7) is -2.51. The molecule has 6 nitrogen and oxygen atoms in total. The van der Waals surface area contributed by atoms with Crippen molar-refractivity contribution in [2.75, 3.05) is 25.1 Å². The first kappa shape index (κ1) is 14.8. The highest BCUT2D eigenvalue weighted by Crippen LogP contribution is 2.18. The summed E-state index contributed by atoms with van der Waals surface area (Å²) < 4.78 is 26.5. The molecule has 18 heavy (non-hydrogen) atoms. The molecule has 0 unspecified atom stereocenters. The van der Waals surface area contributed by atoms with E-state index in [4.69, 9.17) is 21.8 Å². The van der Waals surface area contributed by atoms with E-state index in [9.17, 15) is 13.6 Å². The third-order valence-corrected chi connectivity index (χ3v) is 2.43. The van der Waals surface area contributed by atoms with E-state index >= 15 is 0 Å². The maximum absolute atomic E-state index is 12.8. The molecule has 0 aliphatic heterocycles. The summed E-state index contributed by atoms with van der Waals surface area (Å²) in [5.74, 6) is -3.32. The van der Waals surface area contributed by atoms with Crippen LogP contribution >= 0.6 is 11.6 Å². The minimum atomic E-state index is -3.32. The Balaban J connectivity index is 2.86.